The van der Waals surface area contributed by atoms with E-state index in [1.54, 1.807) is 6.20 Å². The molecule has 0 spiro atoms. The Morgan fingerprint density at radius 1 is 1.28 bits per heavy atom. The maximum absolute atomic E-state index is 12.7. The monoisotopic (exact) mass is 451 g/mol. The van der Waals surface area contributed by atoms with E-state index in [0.717, 1.165) is 48.2 Å². The summed E-state index contributed by atoms with van der Waals surface area (Å²) in [6.45, 7) is 3.08. The number of pyridine rings is 1. The molecule has 4 heterocycles. The Balaban J connectivity index is 1.70. The molecule has 3 aromatic heterocycles. The van der Waals surface area contributed by atoms with E-state index in [2.05, 4.69) is 22.2 Å². The van der Waals surface area contributed by atoms with E-state index in [9.17, 15) is 27.6 Å². The van der Waals surface area contributed by atoms with E-state index in [1.807, 2.05) is 12.1 Å². The maximum Gasteiger partial charge on any atom is 0.493 e. The number of nitrogens with zero attached hydrogens (tertiary/aromatic N) is 4. The second kappa shape index (κ2) is 8.26. The molecule has 0 radical (unpaired) electrons. The Kier molecular flexibility index (Phi) is 5.63. The highest BCUT2D eigenvalue weighted by Crippen LogP contribution is 2.23. The van der Waals surface area contributed by atoms with Gasteiger partial charge in [-0.15, -0.1) is 0 Å². The van der Waals surface area contributed by atoms with E-state index in [1.165, 1.54) is 10.7 Å². The van der Waals surface area contributed by atoms with Crippen molar-refractivity contribution < 1.29 is 22.8 Å². The fraction of sp³-hybridized carbons (Fsp3) is 0.400. The number of rotatable bonds is 4. The zero-order chi connectivity index (χ0) is 23.0. The molecule has 1 fully saturated rings. The SMILES string of the molecule is C[C@H]1C[C@H](Cc2ccn3ncc(-n4ccc(=O)n(OC(=O)C(F)(F)F)c4=O)c3c2)CCN1. The highest BCUT2D eigenvalue weighted by Gasteiger charge is 2.42. The number of fused-ring (bicyclic) bond motifs is 1. The lowest BCUT2D eigenvalue weighted by Gasteiger charge is -2.28. The van der Waals surface area contributed by atoms with Crippen LogP contribution in [0.4, 0.5) is 13.2 Å². The molecule has 0 aliphatic carbocycles. The number of piperidine rings is 1. The van der Waals surface area contributed by atoms with Gasteiger partial charge in [-0.1, -0.05) is 4.73 Å². The molecule has 2 atom stereocenters. The zero-order valence-corrected chi connectivity index (χ0v) is 17.0. The lowest BCUT2D eigenvalue weighted by molar-refractivity contribution is -0.200. The second-order valence-electron chi connectivity index (χ2n) is 7.82. The van der Waals surface area contributed by atoms with Crippen molar-refractivity contribution in [3.8, 4) is 5.69 Å². The van der Waals surface area contributed by atoms with Crippen LogP contribution in [0, 0.1) is 5.92 Å². The summed E-state index contributed by atoms with van der Waals surface area (Å²) in [5, 5.41) is 7.57. The van der Waals surface area contributed by atoms with Gasteiger partial charge in [0.25, 0.3) is 5.56 Å². The summed E-state index contributed by atoms with van der Waals surface area (Å²) in [6, 6.07) is 5.03. The molecule has 1 N–H and O–H groups in total. The van der Waals surface area contributed by atoms with E-state index >= 15 is 0 Å². The molecule has 0 bridgehead atoms. The minimum Gasteiger partial charge on any atom is -0.320 e. The molecule has 3 aromatic rings. The smallest absolute Gasteiger partial charge is 0.320 e. The van der Waals surface area contributed by atoms with E-state index < -0.39 is 23.4 Å². The van der Waals surface area contributed by atoms with E-state index in [4.69, 9.17) is 0 Å². The van der Waals surface area contributed by atoms with Crippen molar-refractivity contribution in [2.45, 2.75) is 38.4 Å². The largest absolute Gasteiger partial charge is 0.493 e. The number of alkyl halides is 3. The fourth-order valence-electron chi connectivity index (χ4n) is 3.94. The van der Waals surface area contributed by atoms with E-state index in [0.29, 0.717) is 17.5 Å². The molecule has 9 nitrogen and oxygen atoms in total. The first-order valence-corrected chi connectivity index (χ1v) is 9.97. The maximum atomic E-state index is 12.7. The van der Waals surface area contributed by atoms with Gasteiger partial charge >= 0.3 is 17.8 Å². The molecule has 0 aromatic carbocycles. The number of hydrogen-bond donors (Lipinski definition) is 1. The Labute approximate surface area is 179 Å². The fourth-order valence-corrected chi connectivity index (χ4v) is 3.94. The van der Waals surface area contributed by atoms with Crippen molar-refractivity contribution in [1.82, 2.24) is 24.2 Å². The average Bonchev–Trinajstić information content (AvgIpc) is 3.13. The van der Waals surface area contributed by atoms with Gasteiger partial charge in [0.05, 0.1) is 17.4 Å². The molecule has 1 aliphatic rings. The summed E-state index contributed by atoms with van der Waals surface area (Å²) in [6.07, 6.45) is 1.70. The second-order valence-corrected chi connectivity index (χ2v) is 7.82. The van der Waals surface area contributed by atoms with Crippen LogP contribution in [0.2, 0.25) is 0 Å². The lowest BCUT2D eigenvalue weighted by atomic mass is 9.88. The minimum absolute atomic E-state index is 0.223. The van der Waals surface area contributed by atoms with Crippen LogP contribution < -0.4 is 21.4 Å². The first kappa shape index (κ1) is 21.8. The van der Waals surface area contributed by atoms with Gasteiger partial charge in [0.2, 0.25) is 0 Å². The minimum atomic E-state index is -5.36. The topological polar surface area (TPSA) is 99.6 Å². The summed E-state index contributed by atoms with van der Waals surface area (Å²) in [5.74, 6) is -2.18. The summed E-state index contributed by atoms with van der Waals surface area (Å²) in [5.41, 5.74) is -0.710. The number of carbonyl (C=O) groups excluding carboxylic acids is 1. The lowest BCUT2D eigenvalue weighted by Crippen LogP contribution is -2.47. The summed E-state index contributed by atoms with van der Waals surface area (Å²) in [7, 11) is 0. The molecule has 4 rings (SSSR count). The highest BCUT2D eigenvalue weighted by atomic mass is 19.4. The van der Waals surface area contributed by atoms with Crippen molar-refractivity contribution >= 4 is 11.5 Å². The van der Waals surface area contributed by atoms with Gasteiger partial charge in [-0.3, -0.25) is 9.36 Å². The number of halogens is 3. The molecule has 32 heavy (non-hydrogen) atoms. The molecular formula is C20H20F3N5O4. The van der Waals surface area contributed by atoms with Crippen LogP contribution in [0.25, 0.3) is 11.2 Å². The van der Waals surface area contributed by atoms with Gasteiger partial charge < -0.3 is 10.2 Å². The van der Waals surface area contributed by atoms with Crippen molar-refractivity contribution in [3.63, 3.8) is 0 Å². The van der Waals surface area contributed by atoms with Crippen LogP contribution >= 0.6 is 0 Å². The summed E-state index contributed by atoms with van der Waals surface area (Å²) in [4.78, 5) is 39.7. The number of aromatic nitrogens is 4. The van der Waals surface area contributed by atoms with Gasteiger partial charge in [0.1, 0.15) is 0 Å². The number of carbonyl (C=O) groups is 1. The van der Waals surface area contributed by atoms with Crippen molar-refractivity contribution in [3.05, 3.63) is 63.2 Å². The number of hydrogen-bond acceptors (Lipinski definition) is 6. The predicted molar refractivity (Wildman–Crippen MR) is 107 cm³/mol. The third-order valence-corrected chi connectivity index (χ3v) is 5.43. The molecule has 12 heteroatoms. The summed E-state index contributed by atoms with van der Waals surface area (Å²) < 4.78 is 39.8. The van der Waals surface area contributed by atoms with Gasteiger partial charge in [0.15, 0.2) is 0 Å². The van der Waals surface area contributed by atoms with Crippen molar-refractivity contribution in [2.24, 2.45) is 5.92 Å². The predicted octanol–water partition coefficient (Wildman–Crippen LogP) is 1.09. The first-order chi connectivity index (χ1) is 15.1. The quantitative estimate of drug-likeness (QED) is 0.638. The molecule has 170 valence electrons. The van der Waals surface area contributed by atoms with Crippen LogP contribution in [0.1, 0.15) is 25.3 Å². The van der Waals surface area contributed by atoms with Crippen LogP contribution in [0.3, 0.4) is 0 Å². The average molecular weight is 451 g/mol. The number of nitrogens with one attached hydrogen (secondary N) is 1. The van der Waals surface area contributed by atoms with Gasteiger partial charge in [0, 0.05) is 24.5 Å². The van der Waals surface area contributed by atoms with Gasteiger partial charge in [-0.25, -0.2) is 14.1 Å². The molecule has 1 saturated heterocycles. The normalized spacial score (nSPS) is 19.2. The Hall–Kier alpha value is -3.41. The third-order valence-electron chi connectivity index (χ3n) is 5.43. The third kappa shape index (κ3) is 4.31. The summed E-state index contributed by atoms with van der Waals surface area (Å²) >= 11 is 0. The van der Waals surface area contributed by atoms with Crippen LogP contribution in [0.5, 0.6) is 0 Å². The molecule has 0 unspecified atom stereocenters. The highest BCUT2D eigenvalue weighted by molar-refractivity contribution is 5.75. The van der Waals surface area contributed by atoms with Crippen LogP contribution in [-0.2, 0) is 11.2 Å². The first-order valence-electron chi connectivity index (χ1n) is 9.97. The molecule has 0 amide bonds. The van der Waals surface area contributed by atoms with Gasteiger partial charge in [-0.05, 0) is 56.3 Å². The zero-order valence-electron chi connectivity index (χ0n) is 17.0. The Morgan fingerprint density at radius 2 is 2.06 bits per heavy atom. The van der Waals surface area contributed by atoms with E-state index in [-0.39, 0.29) is 10.4 Å². The molecular weight excluding hydrogens is 431 g/mol. The van der Waals surface area contributed by atoms with Crippen LogP contribution in [0.15, 0.2) is 46.4 Å². The van der Waals surface area contributed by atoms with Gasteiger partial charge in [-0.2, -0.15) is 18.3 Å². The van der Waals surface area contributed by atoms with Crippen LogP contribution in [-0.4, -0.2) is 43.6 Å². The van der Waals surface area contributed by atoms with Crippen molar-refractivity contribution in [2.75, 3.05) is 6.54 Å². The molecule has 0 saturated carbocycles. The molecule has 1 aliphatic heterocycles. The standard InChI is InChI=1S/C20H20F3N5O4/c1-12-8-13(2-5-24-12)9-14-3-7-27-15(10-14)16(11-25-27)26-6-4-17(29)28(19(26)31)32-18(30)20(21,22)23/h3-4,6-7,10-13,24H,2,5,8-9H2,1H3/t12-,13+/m0/s1. The Bertz CT molecular complexity index is 1280. The Morgan fingerprint density at radius 3 is 2.78 bits per heavy atom. The van der Waals surface area contributed by atoms with Crippen molar-refractivity contribution in [1.29, 1.82) is 0 Å².